The van der Waals surface area contributed by atoms with E-state index in [0.29, 0.717) is 5.69 Å². The first kappa shape index (κ1) is 17.9. The molecule has 0 atom stereocenters. The Morgan fingerprint density at radius 1 is 1.15 bits per heavy atom. The predicted molar refractivity (Wildman–Crippen MR) is 96.2 cm³/mol. The molecule has 7 heteroatoms. The molecular formula is C19H16FNO4S. The summed E-state index contributed by atoms with van der Waals surface area (Å²) in [4.78, 5) is 16.5. The summed E-state index contributed by atoms with van der Waals surface area (Å²) in [6, 6.07) is 11.5. The number of methoxy groups -OCH3 is 2. The monoisotopic (exact) mass is 373 g/mol. The fraction of sp³-hybridized carbons (Fsp3) is 0.158. The highest BCUT2D eigenvalue weighted by Gasteiger charge is 2.13. The Labute approximate surface area is 154 Å². The first-order valence-corrected chi connectivity index (χ1v) is 8.58. The molecule has 0 saturated heterocycles. The zero-order valence-electron chi connectivity index (χ0n) is 14.2. The van der Waals surface area contributed by atoms with E-state index in [1.54, 1.807) is 7.11 Å². The third-order valence-electron chi connectivity index (χ3n) is 3.61. The molecule has 5 nitrogen and oxygen atoms in total. The highest BCUT2D eigenvalue weighted by atomic mass is 32.1. The van der Waals surface area contributed by atoms with E-state index in [-0.39, 0.29) is 17.9 Å². The van der Waals surface area contributed by atoms with Gasteiger partial charge in [0.25, 0.3) is 0 Å². The lowest BCUT2D eigenvalue weighted by atomic mass is 10.2. The van der Waals surface area contributed by atoms with E-state index in [2.05, 4.69) is 4.98 Å². The van der Waals surface area contributed by atoms with Gasteiger partial charge in [0, 0.05) is 10.9 Å². The Morgan fingerprint density at radius 3 is 2.73 bits per heavy atom. The molecule has 26 heavy (non-hydrogen) atoms. The van der Waals surface area contributed by atoms with Crippen molar-refractivity contribution in [3.63, 3.8) is 0 Å². The number of esters is 1. The highest BCUT2D eigenvalue weighted by Crippen LogP contribution is 2.27. The summed E-state index contributed by atoms with van der Waals surface area (Å²) in [5.41, 5.74) is 1.66. The molecule has 0 aliphatic carbocycles. The fourth-order valence-corrected chi connectivity index (χ4v) is 3.08. The van der Waals surface area contributed by atoms with Crippen LogP contribution in [0, 0.1) is 5.82 Å². The molecule has 0 unspecified atom stereocenters. The minimum Gasteiger partial charge on any atom is -0.497 e. The van der Waals surface area contributed by atoms with Gasteiger partial charge in [-0.2, -0.15) is 0 Å². The molecule has 1 aromatic heterocycles. The van der Waals surface area contributed by atoms with E-state index in [9.17, 15) is 9.18 Å². The van der Waals surface area contributed by atoms with Crippen molar-refractivity contribution in [1.82, 2.24) is 4.98 Å². The number of carbonyl (C=O) groups is 1. The van der Waals surface area contributed by atoms with Gasteiger partial charge in [-0.15, -0.1) is 11.3 Å². The van der Waals surface area contributed by atoms with Gasteiger partial charge in [0.05, 0.1) is 25.5 Å². The summed E-state index contributed by atoms with van der Waals surface area (Å²) in [7, 11) is 2.96. The molecule has 1 heterocycles. The topological polar surface area (TPSA) is 57.7 Å². The molecular weight excluding hydrogens is 357 g/mol. The van der Waals surface area contributed by atoms with Crippen molar-refractivity contribution in [3.05, 3.63) is 64.9 Å². The van der Waals surface area contributed by atoms with E-state index in [1.165, 1.54) is 30.6 Å². The van der Waals surface area contributed by atoms with Crippen LogP contribution in [0.2, 0.25) is 0 Å². The SMILES string of the molecule is COc1cccc(-c2nc(COC(=O)c3ccc(OC)c(F)c3)cs2)c1. The molecule has 0 amide bonds. The minimum absolute atomic E-state index is 0.00689. The maximum Gasteiger partial charge on any atom is 0.338 e. The lowest BCUT2D eigenvalue weighted by Gasteiger charge is -2.05. The molecule has 0 saturated carbocycles. The molecule has 3 rings (SSSR count). The van der Waals surface area contributed by atoms with Gasteiger partial charge < -0.3 is 14.2 Å². The van der Waals surface area contributed by atoms with Gasteiger partial charge in [-0.1, -0.05) is 12.1 Å². The molecule has 0 N–H and O–H groups in total. The summed E-state index contributed by atoms with van der Waals surface area (Å²) in [6.07, 6.45) is 0. The number of thiazole rings is 1. The van der Waals surface area contributed by atoms with Crippen LogP contribution in [0.4, 0.5) is 4.39 Å². The van der Waals surface area contributed by atoms with E-state index >= 15 is 0 Å². The number of rotatable bonds is 6. The van der Waals surface area contributed by atoms with Crippen molar-refractivity contribution >= 4 is 17.3 Å². The second kappa shape index (κ2) is 7.97. The number of benzene rings is 2. The Hall–Kier alpha value is -2.93. The third-order valence-corrected chi connectivity index (χ3v) is 4.55. The fourth-order valence-electron chi connectivity index (χ4n) is 2.28. The van der Waals surface area contributed by atoms with Gasteiger partial charge in [-0.3, -0.25) is 0 Å². The quantitative estimate of drug-likeness (QED) is 0.602. The van der Waals surface area contributed by atoms with Crippen LogP contribution in [0.25, 0.3) is 10.6 Å². The van der Waals surface area contributed by atoms with Crippen molar-refractivity contribution < 1.29 is 23.4 Å². The van der Waals surface area contributed by atoms with E-state index in [1.807, 2.05) is 29.6 Å². The first-order chi connectivity index (χ1) is 12.6. The smallest absolute Gasteiger partial charge is 0.338 e. The van der Waals surface area contributed by atoms with Gasteiger partial charge in [0.15, 0.2) is 11.6 Å². The zero-order chi connectivity index (χ0) is 18.5. The molecule has 0 bridgehead atoms. The molecule has 0 radical (unpaired) electrons. The number of halogens is 1. The summed E-state index contributed by atoms with van der Waals surface area (Å²) in [5, 5.41) is 2.61. The number of hydrogen-bond donors (Lipinski definition) is 0. The average molecular weight is 373 g/mol. The lowest BCUT2D eigenvalue weighted by Crippen LogP contribution is -2.06. The average Bonchev–Trinajstić information content (AvgIpc) is 3.15. The van der Waals surface area contributed by atoms with Crippen molar-refractivity contribution in [2.75, 3.05) is 14.2 Å². The number of hydrogen-bond acceptors (Lipinski definition) is 6. The van der Waals surface area contributed by atoms with E-state index in [4.69, 9.17) is 14.2 Å². The Kier molecular flexibility index (Phi) is 5.48. The van der Waals surface area contributed by atoms with Crippen molar-refractivity contribution in [1.29, 1.82) is 0 Å². The van der Waals surface area contributed by atoms with Gasteiger partial charge in [-0.05, 0) is 30.3 Å². The largest absolute Gasteiger partial charge is 0.497 e. The van der Waals surface area contributed by atoms with Gasteiger partial charge in [0.1, 0.15) is 17.4 Å². The lowest BCUT2D eigenvalue weighted by molar-refractivity contribution is 0.0468. The molecule has 3 aromatic rings. The van der Waals surface area contributed by atoms with Crippen molar-refractivity contribution in [3.8, 4) is 22.1 Å². The summed E-state index contributed by atoms with van der Waals surface area (Å²) >= 11 is 1.44. The molecule has 134 valence electrons. The standard InChI is InChI=1S/C19H16FNO4S/c1-23-15-5-3-4-12(8-15)18-21-14(11-26-18)10-25-19(22)13-6-7-17(24-2)16(20)9-13/h3-9,11H,10H2,1-2H3. The van der Waals surface area contributed by atoms with Gasteiger partial charge in [0.2, 0.25) is 0 Å². The maximum atomic E-state index is 13.7. The van der Waals surface area contributed by atoms with Crippen LogP contribution in [0.1, 0.15) is 16.1 Å². The van der Waals surface area contributed by atoms with Crippen LogP contribution >= 0.6 is 11.3 Å². The Balaban J connectivity index is 1.66. The van der Waals surface area contributed by atoms with E-state index < -0.39 is 11.8 Å². The molecule has 0 spiro atoms. The number of aromatic nitrogens is 1. The second-order valence-electron chi connectivity index (χ2n) is 5.30. The number of carbonyl (C=O) groups excluding carboxylic acids is 1. The Bertz CT molecular complexity index is 925. The van der Waals surface area contributed by atoms with Crippen LogP contribution in [-0.4, -0.2) is 25.2 Å². The third kappa shape index (κ3) is 4.00. The van der Waals surface area contributed by atoms with E-state index in [0.717, 1.165) is 22.4 Å². The number of nitrogens with zero attached hydrogens (tertiary/aromatic N) is 1. The summed E-state index contributed by atoms with van der Waals surface area (Å²) < 4.78 is 28.9. The van der Waals surface area contributed by atoms with Crippen LogP contribution < -0.4 is 9.47 Å². The van der Waals surface area contributed by atoms with Gasteiger partial charge in [-0.25, -0.2) is 14.2 Å². The predicted octanol–water partition coefficient (Wildman–Crippen LogP) is 4.32. The van der Waals surface area contributed by atoms with Crippen LogP contribution in [0.3, 0.4) is 0 Å². The second-order valence-corrected chi connectivity index (χ2v) is 6.16. The molecule has 2 aromatic carbocycles. The number of ether oxygens (including phenoxy) is 3. The zero-order valence-corrected chi connectivity index (χ0v) is 15.0. The normalized spacial score (nSPS) is 10.4. The molecule has 0 aliphatic rings. The highest BCUT2D eigenvalue weighted by molar-refractivity contribution is 7.13. The van der Waals surface area contributed by atoms with Crippen molar-refractivity contribution in [2.24, 2.45) is 0 Å². The summed E-state index contributed by atoms with van der Waals surface area (Å²) in [6.45, 7) is 0.00689. The summed E-state index contributed by atoms with van der Waals surface area (Å²) in [5.74, 6) is -0.422. The first-order valence-electron chi connectivity index (χ1n) is 7.70. The van der Waals surface area contributed by atoms with Crippen LogP contribution in [-0.2, 0) is 11.3 Å². The maximum absolute atomic E-state index is 13.7. The van der Waals surface area contributed by atoms with Crippen LogP contribution in [0.15, 0.2) is 47.8 Å². The minimum atomic E-state index is -0.623. The van der Waals surface area contributed by atoms with Crippen molar-refractivity contribution in [2.45, 2.75) is 6.61 Å². The molecule has 0 aliphatic heterocycles. The Morgan fingerprint density at radius 2 is 2.00 bits per heavy atom. The van der Waals surface area contributed by atoms with Crippen LogP contribution in [0.5, 0.6) is 11.5 Å². The van der Waals surface area contributed by atoms with Gasteiger partial charge >= 0.3 is 5.97 Å². The molecule has 0 fully saturated rings.